The summed E-state index contributed by atoms with van der Waals surface area (Å²) in [7, 11) is 0. The summed E-state index contributed by atoms with van der Waals surface area (Å²) in [5.41, 5.74) is 2.17. The van der Waals surface area contributed by atoms with E-state index in [9.17, 15) is 0 Å². The van der Waals surface area contributed by atoms with E-state index in [2.05, 4.69) is 42.9 Å². The fourth-order valence-electron chi connectivity index (χ4n) is 2.13. The van der Waals surface area contributed by atoms with Crippen molar-refractivity contribution in [2.45, 2.75) is 6.54 Å². The molecule has 4 nitrogen and oxygen atoms in total. The van der Waals surface area contributed by atoms with Crippen LogP contribution in [0.3, 0.4) is 0 Å². The molecule has 90 valence electrons. The Balaban J connectivity index is 1.80. The number of morpholine rings is 1. The molecule has 1 N–H and O–H groups in total. The minimum absolute atomic E-state index is 0.837. The van der Waals surface area contributed by atoms with Crippen molar-refractivity contribution in [1.29, 1.82) is 0 Å². The molecule has 0 radical (unpaired) electrons. The highest BCUT2D eigenvalue weighted by Crippen LogP contribution is 2.19. The number of ether oxygens (including phenoxy) is 1. The Morgan fingerprint density at radius 3 is 3.00 bits per heavy atom. The maximum Gasteiger partial charge on any atom is 0.137 e. The molecule has 0 aromatic carbocycles. The van der Waals surface area contributed by atoms with Crippen molar-refractivity contribution in [3.05, 3.63) is 28.5 Å². The summed E-state index contributed by atoms with van der Waals surface area (Å²) in [6, 6.07) is 4.25. The largest absolute Gasteiger partial charge is 0.379 e. The zero-order valence-electron chi connectivity index (χ0n) is 9.45. The van der Waals surface area contributed by atoms with Crippen molar-refractivity contribution in [3.63, 3.8) is 0 Å². The molecule has 3 heterocycles. The lowest BCUT2D eigenvalue weighted by Gasteiger charge is -2.25. The highest BCUT2D eigenvalue weighted by molar-refractivity contribution is 9.10. The SMILES string of the molecule is Brc1cnc2[nH]c(CN3CCOCC3)cc2c1. The van der Waals surface area contributed by atoms with Gasteiger partial charge in [0.15, 0.2) is 0 Å². The number of aromatic amines is 1. The van der Waals surface area contributed by atoms with Gasteiger partial charge in [0.25, 0.3) is 0 Å². The van der Waals surface area contributed by atoms with Crippen molar-refractivity contribution >= 4 is 27.0 Å². The van der Waals surface area contributed by atoms with Gasteiger partial charge in [-0.15, -0.1) is 0 Å². The lowest BCUT2D eigenvalue weighted by atomic mass is 10.3. The Kier molecular flexibility index (Phi) is 3.13. The van der Waals surface area contributed by atoms with E-state index in [0.29, 0.717) is 0 Å². The molecule has 1 fully saturated rings. The number of halogens is 1. The molecule has 0 amide bonds. The first-order valence-electron chi connectivity index (χ1n) is 5.74. The molecule has 0 spiro atoms. The molecule has 2 aromatic rings. The normalized spacial score (nSPS) is 17.7. The van der Waals surface area contributed by atoms with Crippen LogP contribution in [0.15, 0.2) is 22.8 Å². The highest BCUT2D eigenvalue weighted by Gasteiger charge is 2.12. The van der Waals surface area contributed by atoms with Crippen molar-refractivity contribution in [2.24, 2.45) is 0 Å². The van der Waals surface area contributed by atoms with Gasteiger partial charge in [-0.2, -0.15) is 0 Å². The van der Waals surface area contributed by atoms with E-state index in [1.165, 1.54) is 5.69 Å². The maximum atomic E-state index is 5.34. The average Bonchev–Trinajstić information content (AvgIpc) is 2.71. The fraction of sp³-hybridized carbons (Fsp3) is 0.417. The number of nitrogens with one attached hydrogen (secondary N) is 1. The summed E-state index contributed by atoms with van der Waals surface area (Å²) in [6.07, 6.45) is 1.82. The molecule has 1 aliphatic heterocycles. The molecule has 1 aliphatic rings. The van der Waals surface area contributed by atoms with Gasteiger partial charge >= 0.3 is 0 Å². The highest BCUT2D eigenvalue weighted by atomic mass is 79.9. The quantitative estimate of drug-likeness (QED) is 0.923. The van der Waals surface area contributed by atoms with Crippen molar-refractivity contribution in [2.75, 3.05) is 26.3 Å². The van der Waals surface area contributed by atoms with Crippen LogP contribution in [0.1, 0.15) is 5.69 Å². The third-order valence-corrected chi connectivity index (χ3v) is 3.42. The van der Waals surface area contributed by atoms with Crippen LogP contribution < -0.4 is 0 Å². The predicted molar refractivity (Wildman–Crippen MR) is 69.9 cm³/mol. The summed E-state index contributed by atoms with van der Waals surface area (Å²) < 4.78 is 6.36. The van der Waals surface area contributed by atoms with Crippen LogP contribution in [-0.4, -0.2) is 41.2 Å². The first-order valence-corrected chi connectivity index (χ1v) is 6.54. The molecule has 0 unspecified atom stereocenters. The number of rotatable bonds is 2. The van der Waals surface area contributed by atoms with Crippen LogP contribution >= 0.6 is 15.9 Å². The second kappa shape index (κ2) is 4.76. The van der Waals surface area contributed by atoms with E-state index in [1.807, 2.05) is 6.20 Å². The zero-order chi connectivity index (χ0) is 11.7. The van der Waals surface area contributed by atoms with E-state index in [0.717, 1.165) is 48.4 Å². The van der Waals surface area contributed by atoms with Crippen LogP contribution in [0.4, 0.5) is 0 Å². The van der Waals surface area contributed by atoms with Crippen LogP contribution in [0.25, 0.3) is 11.0 Å². The van der Waals surface area contributed by atoms with E-state index < -0.39 is 0 Å². The average molecular weight is 296 g/mol. The molecule has 0 saturated carbocycles. The second-order valence-electron chi connectivity index (χ2n) is 4.27. The van der Waals surface area contributed by atoms with Gasteiger partial charge < -0.3 is 9.72 Å². The Hall–Kier alpha value is -0.910. The van der Waals surface area contributed by atoms with Crippen LogP contribution in [0.5, 0.6) is 0 Å². The molecular formula is C12H14BrN3O. The number of hydrogen-bond donors (Lipinski definition) is 1. The van der Waals surface area contributed by atoms with Gasteiger partial charge in [-0.3, -0.25) is 4.90 Å². The first kappa shape index (κ1) is 11.2. The summed E-state index contributed by atoms with van der Waals surface area (Å²) in [6.45, 7) is 4.63. The monoisotopic (exact) mass is 295 g/mol. The Morgan fingerprint density at radius 1 is 1.35 bits per heavy atom. The van der Waals surface area contributed by atoms with Crippen LogP contribution in [0, 0.1) is 0 Å². The predicted octanol–water partition coefficient (Wildman–Crippen LogP) is 2.16. The number of aromatic nitrogens is 2. The Bertz CT molecular complexity index is 519. The summed E-state index contributed by atoms with van der Waals surface area (Å²) in [5.74, 6) is 0. The van der Waals surface area contributed by atoms with Gasteiger partial charge in [-0.1, -0.05) is 0 Å². The smallest absolute Gasteiger partial charge is 0.137 e. The van der Waals surface area contributed by atoms with Gasteiger partial charge in [0, 0.05) is 41.4 Å². The number of H-pyrrole nitrogens is 1. The topological polar surface area (TPSA) is 41.2 Å². The molecule has 1 saturated heterocycles. The number of pyridine rings is 1. The van der Waals surface area contributed by atoms with E-state index in [1.54, 1.807) is 0 Å². The molecule has 0 bridgehead atoms. The minimum Gasteiger partial charge on any atom is -0.379 e. The first-order chi connectivity index (χ1) is 8.31. The molecule has 3 rings (SSSR count). The van der Waals surface area contributed by atoms with Crippen LogP contribution in [0.2, 0.25) is 0 Å². The molecular weight excluding hydrogens is 282 g/mol. The van der Waals surface area contributed by atoms with Gasteiger partial charge in [-0.25, -0.2) is 4.98 Å². The Labute approximate surface area is 108 Å². The van der Waals surface area contributed by atoms with Gasteiger partial charge in [0.2, 0.25) is 0 Å². The second-order valence-corrected chi connectivity index (χ2v) is 5.19. The number of nitrogens with zero attached hydrogens (tertiary/aromatic N) is 2. The van der Waals surface area contributed by atoms with E-state index in [4.69, 9.17) is 4.74 Å². The summed E-state index contributed by atoms with van der Waals surface area (Å²) in [4.78, 5) is 10.1. The molecule has 2 aromatic heterocycles. The number of fused-ring (bicyclic) bond motifs is 1. The van der Waals surface area contributed by atoms with Crippen LogP contribution in [-0.2, 0) is 11.3 Å². The lowest BCUT2D eigenvalue weighted by molar-refractivity contribution is 0.0337. The number of hydrogen-bond acceptors (Lipinski definition) is 3. The van der Waals surface area contributed by atoms with Gasteiger partial charge in [-0.05, 0) is 28.1 Å². The summed E-state index contributed by atoms with van der Waals surface area (Å²) in [5, 5.41) is 1.16. The summed E-state index contributed by atoms with van der Waals surface area (Å²) >= 11 is 3.44. The van der Waals surface area contributed by atoms with Crippen molar-refractivity contribution < 1.29 is 4.74 Å². The van der Waals surface area contributed by atoms with Crippen molar-refractivity contribution in [3.8, 4) is 0 Å². The van der Waals surface area contributed by atoms with E-state index in [-0.39, 0.29) is 0 Å². The fourth-order valence-corrected chi connectivity index (χ4v) is 2.48. The van der Waals surface area contributed by atoms with Gasteiger partial charge in [0.1, 0.15) is 5.65 Å². The molecule has 17 heavy (non-hydrogen) atoms. The maximum absolute atomic E-state index is 5.34. The Morgan fingerprint density at radius 2 is 2.18 bits per heavy atom. The van der Waals surface area contributed by atoms with Crippen molar-refractivity contribution in [1.82, 2.24) is 14.9 Å². The zero-order valence-corrected chi connectivity index (χ0v) is 11.0. The lowest BCUT2D eigenvalue weighted by Crippen LogP contribution is -2.35. The van der Waals surface area contributed by atoms with Gasteiger partial charge in [0.05, 0.1) is 13.2 Å². The molecule has 0 atom stereocenters. The molecule has 5 heteroatoms. The third-order valence-electron chi connectivity index (χ3n) is 2.99. The standard InChI is InChI=1S/C12H14BrN3O/c13-10-5-9-6-11(15-12(9)14-7-10)8-16-1-3-17-4-2-16/h5-7H,1-4,8H2,(H,14,15). The molecule has 0 aliphatic carbocycles. The minimum atomic E-state index is 0.837. The van der Waals surface area contributed by atoms with E-state index >= 15 is 0 Å². The third kappa shape index (κ3) is 2.51.